The zero-order valence-electron chi connectivity index (χ0n) is 11.4. The highest BCUT2D eigenvalue weighted by atomic mass is 16.1. The molecule has 6 nitrogen and oxygen atoms in total. The Kier molecular flexibility index (Phi) is 3.42. The Morgan fingerprint density at radius 1 is 1.14 bits per heavy atom. The summed E-state index contributed by atoms with van der Waals surface area (Å²) in [5.74, 6) is 0.219. The van der Waals surface area contributed by atoms with Crippen molar-refractivity contribution >= 4 is 28.3 Å². The van der Waals surface area contributed by atoms with E-state index in [4.69, 9.17) is 0 Å². The van der Waals surface area contributed by atoms with Crippen LogP contribution in [0.2, 0.25) is 0 Å². The van der Waals surface area contributed by atoms with Crippen molar-refractivity contribution in [1.29, 1.82) is 0 Å². The quantitative estimate of drug-likeness (QED) is 0.769. The highest BCUT2D eigenvalue weighted by Crippen LogP contribution is 2.21. The van der Waals surface area contributed by atoms with Gasteiger partial charge in [-0.05, 0) is 12.1 Å². The van der Waals surface area contributed by atoms with Gasteiger partial charge in [0, 0.05) is 18.6 Å². The average molecular weight is 279 g/mol. The van der Waals surface area contributed by atoms with Crippen LogP contribution in [0, 0.1) is 0 Å². The molecule has 0 saturated carbocycles. The molecule has 3 rings (SSSR count). The zero-order chi connectivity index (χ0) is 14.7. The Balaban J connectivity index is 1.93. The monoisotopic (exact) mass is 279 g/mol. The number of aromatic nitrogens is 3. The molecule has 0 saturated heterocycles. The van der Waals surface area contributed by atoms with Gasteiger partial charge < -0.3 is 10.6 Å². The van der Waals surface area contributed by atoms with Gasteiger partial charge in [-0.2, -0.15) is 0 Å². The SMILES string of the molecule is CNc1cncc(C(=O)Nc2cccc3cccnc23)n1. The molecule has 0 bridgehead atoms. The third-order valence-corrected chi connectivity index (χ3v) is 3.00. The molecule has 0 unspecified atom stereocenters. The van der Waals surface area contributed by atoms with Crippen LogP contribution in [0.15, 0.2) is 48.9 Å². The lowest BCUT2D eigenvalue weighted by molar-refractivity contribution is 0.102. The minimum atomic E-state index is -0.322. The Morgan fingerprint density at radius 3 is 2.86 bits per heavy atom. The first-order chi connectivity index (χ1) is 10.3. The Bertz CT molecular complexity index is 797. The van der Waals surface area contributed by atoms with Crippen LogP contribution in [0.25, 0.3) is 10.9 Å². The van der Waals surface area contributed by atoms with E-state index in [9.17, 15) is 4.79 Å². The van der Waals surface area contributed by atoms with Crippen molar-refractivity contribution in [2.24, 2.45) is 0 Å². The van der Waals surface area contributed by atoms with Crippen molar-refractivity contribution in [2.45, 2.75) is 0 Å². The molecule has 1 aromatic carbocycles. The summed E-state index contributed by atoms with van der Waals surface area (Å²) in [5.41, 5.74) is 1.63. The number of hydrogen-bond donors (Lipinski definition) is 2. The minimum absolute atomic E-state index is 0.245. The van der Waals surface area contributed by atoms with Gasteiger partial charge in [0.25, 0.3) is 5.91 Å². The zero-order valence-corrected chi connectivity index (χ0v) is 11.4. The third-order valence-electron chi connectivity index (χ3n) is 3.00. The number of nitrogens with one attached hydrogen (secondary N) is 2. The summed E-state index contributed by atoms with van der Waals surface area (Å²) in [6.07, 6.45) is 4.67. The highest BCUT2D eigenvalue weighted by Gasteiger charge is 2.11. The molecule has 6 heteroatoms. The number of rotatable bonds is 3. The summed E-state index contributed by atoms with van der Waals surface area (Å²) in [5, 5.41) is 6.63. The van der Waals surface area contributed by atoms with E-state index in [1.165, 1.54) is 6.20 Å². The number of amides is 1. The van der Waals surface area contributed by atoms with Crippen molar-refractivity contribution < 1.29 is 4.79 Å². The molecule has 0 aliphatic carbocycles. The van der Waals surface area contributed by atoms with Gasteiger partial charge in [0.15, 0.2) is 0 Å². The molecular weight excluding hydrogens is 266 g/mol. The number of pyridine rings is 1. The van der Waals surface area contributed by atoms with E-state index in [0.29, 0.717) is 11.5 Å². The molecule has 0 atom stereocenters. The second-order valence-corrected chi connectivity index (χ2v) is 4.37. The van der Waals surface area contributed by atoms with E-state index in [1.807, 2.05) is 30.3 Å². The van der Waals surface area contributed by atoms with Crippen LogP contribution in [0.5, 0.6) is 0 Å². The van der Waals surface area contributed by atoms with E-state index in [1.54, 1.807) is 19.4 Å². The maximum atomic E-state index is 12.3. The summed E-state index contributed by atoms with van der Waals surface area (Å²) in [7, 11) is 1.72. The van der Waals surface area contributed by atoms with Crippen LogP contribution < -0.4 is 10.6 Å². The Hall–Kier alpha value is -3.02. The lowest BCUT2D eigenvalue weighted by atomic mass is 10.2. The molecule has 0 spiro atoms. The molecule has 1 amide bonds. The van der Waals surface area contributed by atoms with E-state index >= 15 is 0 Å². The van der Waals surface area contributed by atoms with Crippen LogP contribution in [-0.2, 0) is 0 Å². The number of benzene rings is 1. The van der Waals surface area contributed by atoms with Gasteiger partial charge in [-0.25, -0.2) is 4.98 Å². The maximum absolute atomic E-state index is 12.3. The fraction of sp³-hybridized carbons (Fsp3) is 0.0667. The summed E-state index contributed by atoms with van der Waals surface area (Å²) in [6, 6.07) is 9.42. The lowest BCUT2D eigenvalue weighted by Gasteiger charge is -2.08. The van der Waals surface area contributed by atoms with Gasteiger partial charge >= 0.3 is 0 Å². The number of anilines is 2. The largest absolute Gasteiger partial charge is 0.372 e. The van der Waals surface area contributed by atoms with Crippen LogP contribution in [0.1, 0.15) is 10.5 Å². The van der Waals surface area contributed by atoms with Gasteiger partial charge in [0.1, 0.15) is 11.5 Å². The predicted molar refractivity (Wildman–Crippen MR) is 81.3 cm³/mol. The van der Waals surface area contributed by atoms with E-state index in [2.05, 4.69) is 25.6 Å². The van der Waals surface area contributed by atoms with Crippen molar-refractivity contribution in [1.82, 2.24) is 15.0 Å². The normalized spacial score (nSPS) is 10.3. The van der Waals surface area contributed by atoms with Crippen LogP contribution in [-0.4, -0.2) is 27.9 Å². The molecule has 0 aliphatic heterocycles. The van der Waals surface area contributed by atoms with Gasteiger partial charge in [-0.15, -0.1) is 0 Å². The highest BCUT2D eigenvalue weighted by molar-refractivity contribution is 6.07. The first-order valence-electron chi connectivity index (χ1n) is 6.43. The van der Waals surface area contributed by atoms with Crippen molar-refractivity contribution in [3.8, 4) is 0 Å². The Morgan fingerprint density at radius 2 is 2.00 bits per heavy atom. The number of fused-ring (bicyclic) bond motifs is 1. The van der Waals surface area contributed by atoms with Gasteiger partial charge in [-0.1, -0.05) is 18.2 Å². The van der Waals surface area contributed by atoms with E-state index in [0.717, 1.165) is 10.9 Å². The maximum Gasteiger partial charge on any atom is 0.276 e. The molecule has 0 aliphatic rings. The standard InChI is InChI=1S/C15H13N5O/c1-16-13-9-17-8-12(19-13)15(21)20-11-6-2-4-10-5-3-7-18-14(10)11/h2-9H,1H3,(H,16,19)(H,20,21). The Labute approximate surface area is 121 Å². The van der Waals surface area contributed by atoms with Crippen LogP contribution in [0.3, 0.4) is 0 Å². The molecular formula is C15H13N5O. The average Bonchev–Trinajstić information content (AvgIpc) is 2.55. The number of para-hydroxylation sites is 1. The van der Waals surface area contributed by atoms with Crippen molar-refractivity contribution in [3.05, 3.63) is 54.6 Å². The molecule has 3 aromatic rings. The van der Waals surface area contributed by atoms with Gasteiger partial charge in [0.2, 0.25) is 0 Å². The van der Waals surface area contributed by atoms with Crippen molar-refractivity contribution in [3.63, 3.8) is 0 Å². The summed E-state index contributed by atoms with van der Waals surface area (Å²) < 4.78 is 0. The number of hydrogen-bond acceptors (Lipinski definition) is 5. The molecule has 2 aromatic heterocycles. The van der Waals surface area contributed by atoms with E-state index in [-0.39, 0.29) is 11.6 Å². The van der Waals surface area contributed by atoms with Gasteiger partial charge in [0.05, 0.1) is 23.6 Å². The number of carbonyl (C=O) groups excluding carboxylic acids is 1. The fourth-order valence-corrected chi connectivity index (χ4v) is 1.99. The molecule has 104 valence electrons. The fourth-order valence-electron chi connectivity index (χ4n) is 1.99. The molecule has 0 fully saturated rings. The molecule has 2 heterocycles. The number of nitrogens with zero attached hydrogens (tertiary/aromatic N) is 3. The second kappa shape index (κ2) is 5.54. The topological polar surface area (TPSA) is 79.8 Å². The molecule has 0 radical (unpaired) electrons. The minimum Gasteiger partial charge on any atom is -0.372 e. The van der Waals surface area contributed by atoms with Gasteiger partial charge in [-0.3, -0.25) is 14.8 Å². The molecule has 2 N–H and O–H groups in total. The smallest absolute Gasteiger partial charge is 0.276 e. The first-order valence-corrected chi connectivity index (χ1v) is 6.43. The molecule has 21 heavy (non-hydrogen) atoms. The van der Waals surface area contributed by atoms with Crippen molar-refractivity contribution in [2.75, 3.05) is 17.7 Å². The first kappa shape index (κ1) is 13.0. The summed E-state index contributed by atoms with van der Waals surface area (Å²) >= 11 is 0. The third kappa shape index (κ3) is 2.64. The second-order valence-electron chi connectivity index (χ2n) is 4.37. The summed E-state index contributed by atoms with van der Waals surface area (Å²) in [4.78, 5) is 24.7. The predicted octanol–water partition coefficient (Wildman–Crippen LogP) is 2.32. The summed E-state index contributed by atoms with van der Waals surface area (Å²) in [6.45, 7) is 0. The van der Waals surface area contributed by atoms with Crippen LogP contribution >= 0.6 is 0 Å². The number of carbonyl (C=O) groups is 1. The van der Waals surface area contributed by atoms with E-state index < -0.39 is 0 Å². The van der Waals surface area contributed by atoms with Crippen LogP contribution in [0.4, 0.5) is 11.5 Å². The lowest BCUT2D eigenvalue weighted by Crippen LogP contribution is -2.15.